The molecule has 8 nitrogen and oxygen atoms in total. The van der Waals surface area contributed by atoms with E-state index < -0.39 is 11.4 Å². The van der Waals surface area contributed by atoms with Crippen molar-refractivity contribution in [2.24, 2.45) is 23.2 Å². The number of nitrogens with zero attached hydrogens (tertiary/aromatic N) is 1. The number of halogens is 1. The molecule has 0 saturated heterocycles. The molecule has 0 aliphatic heterocycles. The molecular formula is C41H44ClN3O5. The van der Waals surface area contributed by atoms with E-state index in [4.69, 9.17) is 16.3 Å². The van der Waals surface area contributed by atoms with Crippen LogP contribution in [0.5, 0.6) is 0 Å². The number of ether oxygens (including phenoxy) is 1. The number of benzene rings is 3. The van der Waals surface area contributed by atoms with Gasteiger partial charge < -0.3 is 19.9 Å². The molecule has 3 saturated carbocycles. The van der Waals surface area contributed by atoms with Gasteiger partial charge in [-0.15, -0.1) is 0 Å². The summed E-state index contributed by atoms with van der Waals surface area (Å²) < 4.78 is 6.95. The van der Waals surface area contributed by atoms with E-state index in [1.54, 1.807) is 34.9 Å². The van der Waals surface area contributed by atoms with Gasteiger partial charge in [-0.05, 0) is 104 Å². The minimum absolute atomic E-state index is 0.0519. The number of esters is 1. The Kier molecular flexibility index (Phi) is 8.87. The Morgan fingerprint density at radius 1 is 0.980 bits per heavy atom. The van der Waals surface area contributed by atoms with Crippen LogP contribution in [-0.2, 0) is 16.0 Å². The number of hydrogen-bond donors (Lipinski definition) is 2. The van der Waals surface area contributed by atoms with E-state index in [1.807, 2.05) is 63.2 Å². The molecule has 3 aromatic carbocycles. The Hall–Kier alpha value is -4.43. The zero-order chi connectivity index (χ0) is 35.4. The highest BCUT2D eigenvalue weighted by Gasteiger charge is 2.53. The zero-order valence-electron chi connectivity index (χ0n) is 29.1. The molecule has 4 aromatic rings. The van der Waals surface area contributed by atoms with Gasteiger partial charge in [0.25, 0.3) is 5.91 Å². The normalized spacial score (nSPS) is 24.1. The third-order valence-electron chi connectivity index (χ3n) is 11.2. The van der Waals surface area contributed by atoms with Crippen molar-refractivity contribution in [1.82, 2.24) is 15.2 Å². The Morgan fingerprint density at radius 3 is 2.42 bits per heavy atom. The molecule has 50 heavy (non-hydrogen) atoms. The minimum atomic E-state index is -0.634. The number of nitrogens with one attached hydrogen (secondary N) is 2. The summed E-state index contributed by atoms with van der Waals surface area (Å²) in [4.78, 5) is 54.1. The van der Waals surface area contributed by atoms with Crippen molar-refractivity contribution in [3.63, 3.8) is 0 Å². The van der Waals surface area contributed by atoms with Crippen molar-refractivity contribution in [2.75, 3.05) is 7.11 Å². The molecule has 0 radical (unpaired) electrons. The Labute approximate surface area is 297 Å². The molecule has 7 rings (SSSR count). The van der Waals surface area contributed by atoms with Crippen LogP contribution in [0, 0.1) is 23.2 Å². The van der Waals surface area contributed by atoms with Gasteiger partial charge in [-0.1, -0.05) is 62.7 Å². The zero-order valence-corrected chi connectivity index (χ0v) is 29.8. The highest BCUT2D eigenvalue weighted by molar-refractivity contribution is 6.31. The molecule has 260 valence electrons. The summed E-state index contributed by atoms with van der Waals surface area (Å²) in [6, 6.07) is 21.7. The Morgan fingerprint density at radius 2 is 1.72 bits per heavy atom. The Bertz CT molecular complexity index is 2030. The van der Waals surface area contributed by atoms with Gasteiger partial charge in [0.1, 0.15) is 5.69 Å². The standard InChI is InChI=1S/C41H44ClN3O5/c1-40(2,3)39(49)44-41-17-16-33(31-20-25(22-41)18-27(31)23-41)43-37(47)26-12-10-24(11-13-26)19-32-35(38(48)50-4)45(29-8-6-5-7-9-29)34-21-28(42)14-15-30(34)36(32)46/h5-15,21,25,27,31,33H,16-20,22-23H2,1-4H3,(H,43,47)(H,44,49)/t25-,27?,31+,33-,41+/m1/s1. The van der Waals surface area contributed by atoms with E-state index in [1.165, 1.54) is 13.5 Å². The first-order chi connectivity index (χ1) is 23.9. The lowest BCUT2D eigenvalue weighted by Crippen LogP contribution is -2.54. The van der Waals surface area contributed by atoms with E-state index in [9.17, 15) is 19.2 Å². The van der Waals surface area contributed by atoms with Crippen LogP contribution in [0.4, 0.5) is 0 Å². The van der Waals surface area contributed by atoms with Crippen LogP contribution in [0.25, 0.3) is 16.6 Å². The lowest BCUT2D eigenvalue weighted by Gasteiger charge is -2.42. The van der Waals surface area contributed by atoms with E-state index in [0.29, 0.717) is 50.5 Å². The van der Waals surface area contributed by atoms with Crippen LogP contribution in [0.15, 0.2) is 77.6 Å². The van der Waals surface area contributed by atoms with Crippen molar-refractivity contribution in [3.05, 3.63) is 110 Å². The van der Waals surface area contributed by atoms with Gasteiger partial charge in [0, 0.05) is 50.6 Å². The van der Waals surface area contributed by atoms with Crippen molar-refractivity contribution in [1.29, 1.82) is 0 Å². The monoisotopic (exact) mass is 693 g/mol. The third-order valence-corrected chi connectivity index (χ3v) is 11.5. The van der Waals surface area contributed by atoms with Crippen molar-refractivity contribution < 1.29 is 19.1 Å². The first kappa shape index (κ1) is 34.0. The fourth-order valence-electron chi connectivity index (χ4n) is 8.89. The molecule has 3 aliphatic rings. The summed E-state index contributed by atoms with van der Waals surface area (Å²) in [5, 5.41) is 7.71. The maximum Gasteiger partial charge on any atom is 0.355 e. The van der Waals surface area contributed by atoms with Crippen LogP contribution in [0.2, 0.25) is 5.02 Å². The average Bonchev–Trinajstić information content (AvgIpc) is 3.36. The molecule has 2 N–H and O–H groups in total. The second-order valence-electron chi connectivity index (χ2n) is 15.6. The van der Waals surface area contributed by atoms with Crippen LogP contribution in [0.3, 0.4) is 0 Å². The highest BCUT2D eigenvalue weighted by Crippen LogP contribution is 2.55. The van der Waals surface area contributed by atoms with Crippen molar-refractivity contribution >= 4 is 40.3 Å². The van der Waals surface area contributed by atoms with Gasteiger partial charge in [-0.25, -0.2) is 4.79 Å². The fourth-order valence-corrected chi connectivity index (χ4v) is 9.05. The molecule has 0 spiro atoms. The Balaban J connectivity index is 1.14. The van der Waals surface area contributed by atoms with Crippen molar-refractivity contribution in [2.45, 2.75) is 77.3 Å². The van der Waals surface area contributed by atoms with Crippen LogP contribution >= 0.6 is 11.6 Å². The van der Waals surface area contributed by atoms with Crippen LogP contribution < -0.4 is 16.1 Å². The number of rotatable bonds is 7. The highest BCUT2D eigenvalue weighted by atomic mass is 35.5. The summed E-state index contributed by atoms with van der Waals surface area (Å²) in [6.07, 6.45) is 6.12. The summed E-state index contributed by atoms with van der Waals surface area (Å²) >= 11 is 6.37. The molecule has 3 fully saturated rings. The number of para-hydroxylation sites is 1. The number of aromatic nitrogens is 1. The number of amides is 2. The van der Waals surface area contributed by atoms with E-state index in [2.05, 4.69) is 10.6 Å². The molecular weight excluding hydrogens is 650 g/mol. The van der Waals surface area contributed by atoms with Crippen LogP contribution in [0.1, 0.15) is 91.3 Å². The summed E-state index contributed by atoms with van der Waals surface area (Å²) in [7, 11) is 1.30. The molecule has 2 amide bonds. The van der Waals surface area contributed by atoms with Gasteiger partial charge in [0.05, 0.1) is 12.6 Å². The van der Waals surface area contributed by atoms with Crippen molar-refractivity contribution in [3.8, 4) is 5.69 Å². The first-order valence-electron chi connectivity index (χ1n) is 17.6. The first-order valence-corrected chi connectivity index (χ1v) is 18.0. The van der Waals surface area contributed by atoms with Gasteiger partial charge in [0.2, 0.25) is 5.91 Å². The summed E-state index contributed by atoms with van der Waals surface area (Å²) in [6.45, 7) is 5.88. The SMILES string of the molecule is COC(=O)c1c(Cc2ccc(C(=O)N[C@@H]3CC[C@@]4(NC(=O)C(C)(C)C)CC5C[C@H](C[C@@H]53)C4)cc2)c(=O)c2ccc(Cl)cc2n1-c1ccccc1. The van der Waals surface area contributed by atoms with E-state index in [0.717, 1.165) is 37.7 Å². The fraction of sp³-hybridized carbons (Fsp3) is 0.415. The number of methoxy groups -OCH3 is 1. The van der Waals surface area contributed by atoms with E-state index >= 15 is 0 Å². The number of fused-ring (bicyclic) bond motifs is 3. The summed E-state index contributed by atoms with van der Waals surface area (Å²) in [5.74, 6) is 0.816. The summed E-state index contributed by atoms with van der Waals surface area (Å²) in [5.41, 5.74) is 2.03. The van der Waals surface area contributed by atoms with E-state index in [-0.39, 0.29) is 40.9 Å². The van der Waals surface area contributed by atoms with Crippen LogP contribution in [-0.4, -0.2) is 41.0 Å². The second-order valence-corrected chi connectivity index (χ2v) is 16.1. The number of carbonyl (C=O) groups excluding carboxylic acids is 3. The smallest absolute Gasteiger partial charge is 0.355 e. The van der Waals surface area contributed by atoms with Gasteiger partial charge >= 0.3 is 5.97 Å². The molecule has 3 bridgehead atoms. The predicted molar refractivity (Wildman–Crippen MR) is 195 cm³/mol. The van der Waals surface area contributed by atoms with Gasteiger partial charge in [-0.3, -0.25) is 14.4 Å². The van der Waals surface area contributed by atoms with Gasteiger partial charge in [0.15, 0.2) is 5.43 Å². The number of pyridine rings is 1. The largest absolute Gasteiger partial charge is 0.464 e. The quantitative estimate of drug-likeness (QED) is 0.198. The second kappa shape index (κ2) is 13.0. The lowest BCUT2D eigenvalue weighted by atomic mass is 9.73. The maximum atomic E-state index is 14.0. The van der Waals surface area contributed by atoms with Gasteiger partial charge in [-0.2, -0.15) is 0 Å². The molecule has 1 unspecified atom stereocenters. The maximum absolute atomic E-state index is 14.0. The molecule has 5 atom stereocenters. The third kappa shape index (κ3) is 6.34. The lowest BCUT2D eigenvalue weighted by molar-refractivity contribution is -0.131. The molecule has 3 aliphatic carbocycles. The topological polar surface area (TPSA) is 106 Å². The molecule has 9 heteroatoms. The number of carbonyl (C=O) groups is 3. The predicted octanol–water partition coefficient (Wildman–Crippen LogP) is 7.25. The minimum Gasteiger partial charge on any atom is -0.464 e. The molecule has 1 heterocycles. The molecule has 1 aromatic heterocycles. The average molecular weight is 694 g/mol. The number of hydrogen-bond acceptors (Lipinski definition) is 5.